The molecule has 0 amide bonds. The Morgan fingerprint density at radius 1 is 1.58 bits per heavy atom. The smallest absolute Gasteiger partial charge is 0.293 e. The predicted molar refractivity (Wildman–Crippen MR) is 49.1 cm³/mol. The molecule has 0 aliphatic heterocycles. The van der Waals surface area contributed by atoms with Gasteiger partial charge >= 0.3 is 0 Å². The highest BCUT2D eigenvalue weighted by Crippen LogP contribution is 2.14. The van der Waals surface area contributed by atoms with Gasteiger partial charge in [0.1, 0.15) is 6.61 Å². The van der Waals surface area contributed by atoms with Gasteiger partial charge in [0.05, 0.1) is 0 Å². The summed E-state index contributed by atoms with van der Waals surface area (Å²) in [6, 6.07) is 7.68. The summed E-state index contributed by atoms with van der Waals surface area (Å²) in [4.78, 5) is 11.3. The van der Waals surface area contributed by atoms with Gasteiger partial charge in [-0.25, -0.2) is 0 Å². The van der Waals surface area contributed by atoms with Crippen molar-refractivity contribution >= 4 is 18.2 Å². The van der Waals surface area contributed by atoms with Crippen LogP contribution in [0.5, 0.6) is 0 Å². The minimum Gasteiger partial charge on any atom is -0.463 e. The van der Waals surface area contributed by atoms with Gasteiger partial charge in [-0.3, -0.25) is 4.79 Å². The highest BCUT2D eigenvalue weighted by Gasteiger charge is 1.92. The van der Waals surface area contributed by atoms with Crippen molar-refractivity contribution in [3.05, 3.63) is 29.8 Å². The average Bonchev–Trinajstić information content (AvgIpc) is 2.15. The van der Waals surface area contributed by atoms with E-state index < -0.39 is 6.45 Å². The van der Waals surface area contributed by atoms with Crippen LogP contribution in [-0.4, -0.2) is 12.7 Å². The molecule has 64 valence electrons. The summed E-state index contributed by atoms with van der Waals surface area (Å²) in [5.74, 6) is 0. The van der Waals surface area contributed by atoms with Gasteiger partial charge in [0, 0.05) is 4.90 Å². The molecule has 0 aliphatic carbocycles. The zero-order chi connectivity index (χ0) is 9.68. The Balaban J connectivity index is 2.54. The second-order valence-corrected chi connectivity index (χ2v) is 3.10. The van der Waals surface area contributed by atoms with Crippen molar-refractivity contribution in [3.8, 4) is 0 Å². The predicted octanol–water partition coefficient (Wildman–Crippen LogP) is 2.08. The number of benzene rings is 1. The molecule has 0 radical (unpaired) electrons. The summed E-state index contributed by atoms with van der Waals surface area (Å²) in [6.45, 7) is 0.178. The molecular formula is C9H10O2S. The third-order valence-electron chi connectivity index (χ3n) is 1.46. The number of carbonyl (C=O) groups is 1. The number of hydrogen-bond acceptors (Lipinski definition) is 3. The van der Waals surface area contributed by atoms with Gasteiger partial charge in [-0.15, -0.1) is 11.8 Å². The molecule has 0 aromatic heterocycles. The molecule has 1 rings (SSSR count). The van der Waals surface area contributed by atoms with Crippen LogP contribution < -0.4 is 0 Å². The quantitative estimate of drug-likeness (QED) is 0.530. The van der Waals surface area contributed by atoms with Crippen LogP contribution in [0.15, 0.2) is 29.2 Å². The molecule has 0 atom stereocenters. The van der Waals surface area contributed by atoms with Gasteiger partial charge in [0.2, 0.25) is 0 Å². The van der Waals surface area contributed by atoms with Crippen molar-refractivity contribution in [2.24, 2.45) is 0 Å². The molecule has 0 saturated heterocycles. The maximum absolute atomic E-state index is 10.2. The molecule has 0 unspecified atom stereocenters. The maximum atomic E-state index is 10.2. The van der Waals surface area contributed by atoms with Crippen molar-refractivity contribution in [2.75, 3.05) is 6.26 Å². The average molecular weight is 183 g/mol. The molecule has 1 aromatic rings. The Morgan fingerprint density at radius 3 is 2.75 bits per heavy atom. The van der Waals surface area contributed by atoms with E-state index in [-0.39, 0.29) is 6.61 Å². The highest BCUT2D eigenvalue weighted by molar-refractivity contribution is 7.98. The lowest BCUT2D eigenvalue weighted by atomic mass is 10.2. The van der Waals surface area contributed by atoms with E-state index in [0.29, 0.717) is 0 Å². The Bertz CT molecular complexity index is 284. The van der Waals surface area contributed by atoms with E-state index in [4.69, 9.17) is 1.37 Å². The van der Waals surface area contributed by atoms with E-state index in [1.807, 2.05) is 30.5 Å². The molecule has 3 heteroatoms. The molecular weight excluding hydrogens is 172 g/mol. The molecule has 2 nitrogen and oxygen atoms in total. The van der Waals surface area contributed by atoms with Crippen LogP contribution >= 0.6 is 11.8 Å². The Hall–Kier alpha value is -0.960. The van der Waals surface area contributed by atoms with Crippen molar-refractivity contribution in [1.82, 2.24) is 0 Å². The number of hydrogen-bond donors (Lipinski definition) is 0. The molecule has 1 aromatic carbocycles. The normalized spacial score (nSPS) is 10.6. The fourth-order valence-electron chi connectivity index (χ4n) is 0.835. The number of thioether (sulfide) groups is 1. The molecule has 12 heavy (non-hydrogen) atoms. The maximum Gasteiger partial charge on any atom is 0.293 e. The van der Waals surface area contributed by atoms with Gasteiger partial charge in [-0.05, 0) is 24.0 Å². The Kier molecular flexibility index (Phi) is 3.09. The molecule has 0 heterocycles. The first-order valence-electron chi connectivity index (χ1n) is 3.98. The van der Waals surface area contributed by atoms with Crippen molar-refractivity contribution in [3.63, 3.8) is 0 Å². The number of ether oxygens (including phenoxy) is 1. The zero-order valence-corrected chi connectivity index (χ0v) is 7.56. The molecule has 0 N–H and O–H groups in total. The molecule has 0 spiro atoms. The number of rotatable bonds is 3. The SMILES string of the molecule is [2H]C(=O)OCc1ccc(SC)cc1. The largest absolute Gasteiger partial charge is 0.463 e. The van der Waals surface area contributed by atoms with Gasteiger partial charge in [0.25, 0.3) is 6.45 Å². The van der Waals surface area contributed by atoms with E-state index in [9.17, 15) is 4.79 Å². The van der Waals surface area contributed by atoms with Crippen LogP contribution in [-0.2, 0) is 16.1 Å². The van der Waals surface area contributed by atoms with Crippen LogP contribution in [0.4, 0.5) is 0 Å². The summed E-state index contributed by atoms with van der Waals surface area (Å²) in [7, 11) is 0. The Labute approximate surface area is 77.3 Å². The zero-order valence-electron chi connectivity index (χ0n) is 7.74. The van der Waals surface area contributed by atoms with E-state index >= 15 is 0 Å². The molecule has 0 saturated carbocycles. The second-order valence-electron chi connectivity index (χ2n) is 2.22. The van der Waals surface area contributed by atoms with Crippen molar-refractivity contribution < 1.29 is 10.9 Å². The van der Waals surface area contributed by atoms with E-state index in [2.05, 4.69) is 4.74 Å². The summed E-state index contributed by atoms with van der Waals surface area (Å²) in [6.07, 6.45) is 1.01. The first-order chi connectivity index (χ1) is 6.22. The highest BCUT2D eigenvalue weighted by atomic mass is 32.2. The Morgan fingerprint density at radius 2 is 2.25 bits per heavy atom. The third-order valence-corrected chi connectivity index (χ3v) is 2.20. The second kappa shape index (κ2) is 4.83. The van der Waals surface area contributed by atoms with E-state index in [1.165, 1.54) is 4.90 Å². The summed E-state index contributed by atoms with van der Waals surface area (Å²) in [5, 5.41) is 0. The fourth-order valence-corrected chi connectivity index (χ4v) is 1.24. The van der Waals surface area contributed by atoms with Crippen molar-refractivity contribution in [1.29, 1.82) is 0 Å². The minimum atomic E-state index is -0.992. The first-order valence-corrected chi connectivity index (χ1v) is 4.71. The van der Waals surface area contributed by atoms with Crippen LogP contribution in [0, 0.1) is 0 Å². The molecule has 0 bridgehead atoms. The fraction of sp³-hybridized carbons (Fsp3) is 0.222. The van der Waals surface area contributed by atoms with Gasteiger partial charge in [0.15, 0.2) is 1.37 Å². The van der Waals surface area contributed by atoms with E-state index in [1.54, 1.807) is 11.8 Å². The van der Waals surface area contributed by atoms with E-state index in [0.717, 1.165) is 5.56 Å². The van der Waals surface area contributed by atoms with Crippen molar-refractivity contribution in [2.45, 2.75) is 11.5 Å². The summed E-state index contributed by atoms with van der Waals surface area (Å²) < 4.78 is 11.1. The molecule has 0 aliphatic rings. The van der Waals surface area contributed by atoms with Gasteiger partial charge in [-0.2, -0.15) is 0 Å². The summed E-state index contributed by atoms with van der Waals surface area (Å²) >= 11 is 1.66. The monoisotopic (exact) mass is 183 g/mol. The van der Waals surface area contributed by atoms with Gasteiger partial charge < -0.3 is 4.74 Å². The molecule has 0 fully saturated rings. The van der Waals surface area contributed by atoms with Gasteiger partial charge in [-0.1, -0.05) is 12.1 Å². The number of carbonyl (C=O) groups excluding carboxylic acids is 1. The van der Waals surface area contributed by atoms with Crippen LogP contribution in [0.25, 0.3) is 0 Å². The standard InChI is InChI=1S/C9H10O2S/c1-12-9-4-2-8(3-5-9)6-11-7-10/h2-5,7H,6H2,1H3/i7D. The topological polar surface area (TPSA) is 26.3 Å². The van der Waals surface area contributed by atoms with Crippen LogP contribution in [0.1, 0.15) is 6.93 Å². The lowest BCUT2D eigenvalue weighted by Crippen LogP contribution is -1.88. The lowest BCUT2D eigenvalue weighted by Gasteiger charge is -2.00. The summed E-state index contributed by atoms with van der Waals surface area (Å²) in [5.41, 5.74) is 0.901. The first kappa shape index (κ1) is 7.68. The lowest BCUT2D eigenvalue weighted by molar-refractivity contribution is -0.129. The third kappa shape index (κ3) is 2.58. The van der Waals surface area contributed by atoms with Crippen LogP contribution in [0.2, 0.25) is 0 Å². The van der Waals surface area contributed by atoms with Crippen LogP contribution in [0.3, 0.4) is 0 Å². The minimum absolute atomic E-state index is 0.178.